The molecule has 2 aromatic carbocycles. The second-order valence-corrected chi connectivity index (χ2v) is 6.40. The van der Waals surface area contributed by atoms with Gasteiger partial charge in [-0.2, -0.15) is 0 Å². The predicted molar refractivity (Wildman–Crippen MR) is 125 cm³/mol. The van der Waals surface area contributed by atoms with Crippen LogP contribution in [-0.4, -0.2) is 17.5 Å². The Morgan fingerprint density at radius 3 is 2.63 bits per heavy atom. The van der Waals surface area contributed by atoms with Crippen LogP contribution in [0.15, 0.2) is 65.8 Å². The van der Waals surface area contributed by atoms with E-state index in [0.717, 1.165) is 23.8 Å². The Morgan fingerprint density at radius 2 is 1.85 bits per heavy atom. The first-order valence-electron chi connectivity index (χ1n) is 9.12. The highest BCUT2D eigenvalue weighted by molar-refractivity contribution is 14.0. The van der Waals surface area contributed by atoms with Crippen molar-refractivity contribution in [2.45, 2.75) is 33.4 Å². The summed E-state index contributed by atoms with van der Waals surface area (Å²) in [5.74, 6) is 0.804. The summed E-state index contributed by atoms with van der Waals surface area (Å²) in [6, 6.07) is 19.1. The minimum Gasteiger partial charge on any atom is -0.357 e. The minimum atomic E-state index is 0. The molecular formula is C22H27IN4. The van der Waals surface area contributed by atoms with Crippen molar-refractivity contribution in [3.63, 3.8) is 0 Å². The summed E-state index contributed by atoms with van der Waals surface area (Å²) < 4.78 is 0. The molecule has 0 radical (unpaired) electrons. The average Bonchev–Trinajstić information content (AvgIpc) is 2.67. The molecule has 0 amide bonds. The third-order valence-corrected chi connectivity index (χ3v) is 4.49. The number of aliphatic imine (C=N–C) groups is 1. The Hall–Kier alpha value is -2.15. The van der Waals surface area contributed by atoms with Gasteiger partial charge in [0, 0.05) is 12.7 Å². The van der Waals surface area contributed by atoms with Crippen molar-refractivity contribution in [1.82, 2.24) is 15.6 Å². The molecule has 0 aliphatic carbocycles. The number of aryl methyl sites for hydroxylation is 1. The molecule has 27 heavy (non-hydrogen) atoms. The molecule has 2 N–H and O–H groups in total. The maximum Gasteiger partial charge on any atom is 0.192 e. The molecule has 0 saturated heterocycles. The quantitative estimate of drug-likeness (QED) is 0.312. The first kappa shape index (κ1) is 21.2. The lowest BCUT2D eigenvalue weighted by atomic mass is 10.00. The van der Waals surface area contributed by atoms with Gasteiger partial charge < -0.3 is 10.6 Å². The lowest BCUT2D eigenvalue weighted by Gasteiger charge is -2.20. The van der Waals surface area contributed by atoms with Crippen molar-refractivity contribution >= 4 is 40.7 Å². The maximum atomic E-state index is 4.72. The minimum absolute atomic E-state index is 0. The van der Waals surface area contributed by atoms with E-state index in [9.17, 15) is 0 Å². The number of halogens is 1. The fourth-order valence-electron chi connectivity index (χ4n) is 3.07. The largest absolute Gasteiger partial charge is 0.357 e. The molecule has 0 spiro atoms. The maximum absolute atomic E-state index is 4.72. The zero-order chi connectivity index (χ0) is 18.4. The number of nitrogens with one attached hydrogen (secondary N) is 2. The van der Waals surface area contributed by atoms with Gasteiger partial charge in [0.25, 0.3) is 0 Å². The summed E-state index contributed by atoms with van der Waals surface area (Å²) in [6.45, 7) is 7.68. The second-order valence-electron chi connectivity index (χ2n) is 6.40. The number of nitrogens with zero attached hydrogens (tertiary/aromatic N) is 2. The van der Waals surface area contributed by atoms with Crippen molar-refractivity contribution < 1.29 is 0 Å². The molecule has 3 aromatic rings. The van der Waals surface area contributed by atoms with E-state index in [1.807, 2.05) is 12.3 Å². The summed E-state index contributed by atoms with van der Waals surface area (Å²) in [7, 11) is 0. The number of aromatic nitrogens is 1. The molecule has 5 heteroatoms. The lowest BCUT2D eigenvalue weighted by molar-refractivity contribution is 0.690. The lowest BCUT2D eigenvalue weighted by Crippen LogP contribution is -2.38. The van der Waals surface area contributed by atoms with Crippen molar-refractivity contribution in [1.29, 1.82) is 0 Å². The fraction of sp³-hybridized carbons (Fsp3) is 0.273. The van der Waals surface area contributed by atoms with Gasteiger partial charge in [-0.3, -0.25) is 4.98 Å². The normalized spacial score (nSPS) is 12.3. The van der Waals surface area contributed by atoms with Crippen LogP contribution in [0.2, 0.25) is 0 Å². The summed E-state index contributed by atoms with van der Waals surface area (Å²) in [5, 5.41) is 9.38. The third kappa shape index (κ3) is 5.42. The summed E-state index contributed by atoms with van der Waals surface area (Å²) >= 11 is 0. The van der Waals surface area contributed by atoms with E-state index in [2.05, 4.69) is 84.9 Å². The standard InChI is InChI=1S/C22H26N4.HI/c1-4-23-22(25-15-21-16(2)9-8-14-24-21)26-17(3)19-13-7-11-18-10-5-6-12-20(18)19;/h5-14,17H,4,15H2,1-3H3,(H2,23,25,26);1H. The van der Waals surface area contributed by atoms with Crippen molar-refractivity contribution in [2.24, 2.45) is 4.99 Å². The molecule has 1 unspecified atom stereocenters. The molecule has 3 rings (SSSR count). The number of rotatable bonds is 5. The molecule has 1 heterocycles. The van der Waals surface area contributed by atoms with E-state index >= 15 is 0 Å². The van der Waals surface area contributed by atoms with Crippen LogP contribution in [0, 0.1) is 6.92 Å². The van der Waals surface area contributed by atoms with E-state index in [1.165, 1.54) is 16.3 Å². The number of hydrogen-bond donors (Lipinski definition) is 2. The van der Waals surface area contributed by atoms with Gasteiger partial charge in [0.15, 0.2) is 5.96 Å². The molecule has 4 nitrogen and oxygen atoms in total. The topological polar surface area (TPSA) is 49.3 Å². The molecule has 142 valence electrons. The van der Waals surface area contributed by atoms with Crippen molar-refractivity contribution in [3.05, 3.63) is 77.6 Å². The van der Waals surface area contributed by atoms with Crippen LogP contribution in [0.5, 0.6) is 0 Å². The smallest absolute Gasteiger partial charge is 0.192 e. The van der Waals surface area contributed by atoms with Gasteiger partial charge in [0.05, 0.1) is 18.3 Å². The van der Waals surface area contributed by atoms with Gasteiger partial charge in [-0.25, -0.2) is 4.99 Å². The molecular weight excluding hydrogens is 447 g/mol. The number of pyridine rings is 1. The van der Waals surface area contributed by atoms with E-state index < -0.39 is 0 Å². The van der Waals surface area contributed by atoms with Gasteiger partial charge in [-0.15, -0.1) is 24.0 Å². The zero-order valence-electron chi connectivity index (χ0n) is 16.1. The van der Waals surface area contributed by atoms with Crippen LogP contribution in [0.1, 0.15) is 36.7 Å². The highest BCUT2D eigenvalue weighted by atomic mass is 127. The van der Waals surface area contributed by atoms with Gasteiger partial charge in [0.2, 0.25) is 0 Å². The van der Waals surface area contributed by atoms with Crippen molar-refractivity contribution in [2.75, 3.05) is 6.54 Å². The van der Waals surface area contributed by atoms with E-state index in [1.54, 1.807) is 0 Å². The second kappa shape index (κ2) is 10.3. The van der Waals surface area contributed by atoms with Crippen molar-refractivity contribution in [3.8, 4) is 0 Å². The Bertz CT molecular complexity index is 902. The van der Waals surface area contributed by atoms with Gasteiger partial charge in [-0.1, -0.05) is 48.5 Å². The molecule has 1 atom stereocenters. The highest BCUT2D eigenvalue weighted by Gasteiger charge is 2.11. The highest BCUT2D eigenvalue weighted by Crippen LogP contribution is 2.23. The van der Waals surface area contributed by atoms with E-state index in [0.29, 0.717) is 6.54 Å². The molecule has 0 aliphatic heterocycles. The number of guanidine groups is 1. The zero-order valence-corrected chi connectivity index (χ0v) is 18.4. The van der Waals surface area contributed by atoms with E-state index in [4.69, 9.17) is 4.99 Å². The van der Waals surface area contributed by atoms with E-state index in [-0.39, 0.29) is 30.0 Å². The Kier molecular flexibility index (Phi) is 8.03. The monoisotopic (exact) mass is 474 g/mol. The van der Waals surface area contributed by atoms with Crippen LogP contribution in [0.25, 0.3) is 10.8 Å². The van der Waals surface area contributed by atoms with Crippen LogP contribution in [-0.2, 0) is 6.54 Å². The molecule has 0 aliphatic rings. The molecule has 0 fully saturated rings. The van der Waals surface area contributed by atoms with Crippen LogP contribution in [0.3, 0.4) is 0 Å². The van der Waals surface area contributed by atoms with Crippen LogP contribution >= 0.6 is 24.0 Å². The first-order chi connectivity index (χ1) is 12.7. The number of benzene rings is 2. The van der Waals surface area contributed by atoms with Crippen LogP contribution in [0.4, 0.5) is 0 Å². The number of hydrogen-bond acceptors (Lipinski definition) is 2. The van der Waals surface area contributed by atoms with Gasteiger partial charge in [-0.05, 0) is 48.7 Å². The Morgan fingerprint density at radius 1 is 1.07 bits per heavy atom. The Labute approximate surface area is 178 Å². The Balaban J connectivity index is 0.00000261. The molecule has 1 aromatic heterocycles. The SMILES string of the molecule is CCNC(=NCc1ncccc1C)NC(C)c1cccc2ccccc12.I. The average molecular weight is 474 g/mol. The molecule has 0 bridgehead atoms. The third-order valence-electron chi connectivity index (χ3n) is 4.49. The fourth-order valence-corrected chi connectivity index (χ4v) is 3.07. The molecule has 0 saturated carbocycles. The van der Waals surface area contributed by atoms with Gasteiger partial charge in [0.1, 0.15) is 0 Å². The van der Waals surface area contributed by atoms with Gasteiger partial charge >= 0.3 is 0 Å². The predicted octanol–water partition coefficient (Wildman–Crippen LogP) is 4.98. The summed E-state index contributed by atoms with van der Waals surface area (Å²) in [5.41, 5.74) is 3.43. The van der Waals surface area contributed by atoms with Crippen LogP contribution < -0.4 is 10.6 Å². The summed E-state index contributed by atoms with van der Waals surface area (Å²) in [4.78, 5) is 9.15. The summed E-state index contributed by atoms with van der Waals surface area (Å²) in [6.07, 6.45) is 1.82. The first-order valence-corrected chi connectivity index (χ1v) is 9.12. The number of fused-ring (bicyclic) bond motifs is 1.